The fraction of sp³-hybridized carbons (Fsp3) is 0.800. The van der Waals surface area contributed by atoms with Crippen LogP contribution in [0.15, 0.2) is 0 Å². The Morgan fingerprint density at radius 1 is 1.50 bits per heavy atom. The van der Waals surface area contributed by atoms with Crippen molar-refractivity contribution in [3.8, 4) is 6.07 Å². The summed E-state index contributed by atoms with van der Waals surface area (Å²) in [4.78, 5) is 11.3. The fourth-order valence-electron chi connectivity index (χ4n) is 1.38. The predicted octanol–water partition coefficient (Wildman–Crippen LogP) is 0.406. The van der Waals surface area contributed by atoms with E-state index >= 15 is 0 Å². The van der Waals surface area contributed by atoms with Gasteiger partial charge in [0.15, 0.2) is 0 Å². The van der Waals surface area contributed by atoms with E-state index in [-0.39, 0.29) is 5.91 Å². The van der Waals surface area contributed by atoms with Crippen LogP contribution in [0, 0.1) is 17.2 Å². The van der Waals surface area contributed by atoms with Crippen LogP contribution in [0.25, 0.3) is 0 Å². The van der Waals surface area contributed by atoms with Crippen LogP contribution in [0.3, 0.4) is 0 Å². The number of nitriles is 1. The maximum Gasteiger partial charge on any atom is 0.220 e. The van der Waals surface area contributed by atoms with Gasteiger partial charge in [-0.25, -0.2) is 0 Å². The van der Waals surface area contributed by atoms with Crippen LogP contribution in [-0.2, 0) is 4.79 Å². The van der Waals surface area contributed by atoms with Gasteiger partial charge in [0.2, 0.25) is 5.91 Å². The summed E-state index contributed by atoms with van der Waals surface area (Å²) in [6.45, 7) is 2.66. The lowest BCUT2D eigenvalue weighted by Gasteiger charge is -2.26. The number of nitrogens with one attached hydrogen (secondary N) is 2. The lowest BCUT2D eigenvalue weighted by atomic mass is 9.99. The van der Waals surface area contributed by atoms with Crippen molar-refractivity contribution in [2.24, 2.45) is 5.92 Å². The van der Waals surface area contributed by atoms with Gasteiger partial charge in [0, 0.05) is 19.4 Å². The number of amides is 1. The van der Waals surface area contributed by atoms with Crippen molar-refractivity contribution in [3.05, 3.63) is 0 Å². The second-order valence-electron chi connectivity index (χ2n) is 3.69. The zero-order chi connectivity index (χ0) is 10.2. The molecule has 1 fully saturated rings. The summed E-state index contributed by atoms with van der Waals surface area (Å²) in [5.41, 5.74) is 0. The van der Waals surface area contributed by atoms with E-state index in [0.717, 1.165) is 25.9 Å². The zero-order valence-corrected chi connectivity index (χ0v) is 8.38. The van der Waals surface area contributed by atoms with E-state index in [2.05, 4.69) is 16.7 Å². The van der Waals surface area contributed by atoms with Gasteiger partial charge in [-0.1, -0.05) is 0 Å². The van der Waals surface area contributed by atoms with E-state index in [1.54, 1.807) is 0 Å². The Hall–Kier alpha value is -1.08. The summed E-state index contributed by atoms with van der Waals surface area (Å²) in [7, 11) is 0. The van der Waals surface area contributed by atoms with Crippen LogP contribution in [0.1, 0.15) is 25.7 Å². The highest BCUT2D eigenvalue weighted by Crippen LogP contribution is 2.07. The number of carbonyl (C=O) groups excluding carboxylic acids is 1. The fourth-order valence-corrected chi connectivity index (χ4v) is 1.38. The number of nitrogens with zero attached hydrogens (tertiary/aromatic N) is 1. The number of hydrogen-bond donors (Lipinski definition) is 2. The van der Waals surface area contributed by atoms with Gasteiger partial charge >= 0.3 is 0 Å². The van der Waals surface area contributed by atoms with Crippen molar-refractivity contribution < 1.29 is 4.79 Å². The Morgan fingerprint density at radius 3 is 2.86 bits per heavy atom. The highest BCUT2D eigenvalue weighted by Gasteiger charge is 2.19. The molecule has 0 radical (unpaired) electrons. The Balaban J connectivity index is 1.90. The number of hydrogen-bond acceptors (Lipinski definition) is 3. The van der Waals surface area contributed by atoms with E-state index in [9.17, 15) is 4.79 Å². The van der Waals surface area contributed by atoms with E-state index in [1.165, 1.54) is 0 Å². The van der Waals surface area contributed by atoms with E-state index in [1.807, 2.05) is 0 Å². The number of carbonyl (C=O) groups is 1. The molecule has 1 rings (SSSR count). The quantitative estimate of drug-likeness (QED) is 0.603. The van der Waals surface area contributed by atoms with Crippen molar-refractivity contribution in [1.82, 2.24) is 10.6 Å². The molecule has 0 aromatic rings. The first kappa shape index (κ1) is 11.0. The minimum atomic E-state index is 0.147. The molecule has 0 aromatic heterocycles. The molecule has 0 aliphatic carbocycles. The first-order valence-electron chi connectivity index (χ1n) is 5.17. The zero-order valence-electron chi connectivity index (χ0n) is 8.38. The molecule has 4 nitrogen and oxygen atoms in total. The SMILES string of the molecule is N#CCCCCNC(=O)CC1CNC1. The molecule has 1 aliphatic rings. The molecule has 0 bridgehead atoms. The van der Waals surface area contributed by atoms with Crippen LogP contribution in [0.4, 0.5) is 0 Å². The first-order valence-corrected chi connectivity index (χ1v) is 5.17. The van der Waals surface area contributed by atoms with Crippen LogP contribution in [-0.4, -0.2) is 25.5 Å². The van der Waals surface area contributed by atoms with Crippen molar-refractivity contribution in [1.29, 1.82) is 5.26 Å². The molecule has 0 unspecified atom stereocenters. The third-order valence-corrected chi connectivity index (χ3v) is 2.38. The minimum absolute atomic E-state index is 0.147. The summed E-state index contributed by atoms with van der Waals surface area (Å²) in [5.74, 6) is 0.683. The van der Waals surface area contributed by atoms with Gasteiger partial charge in [-0.05, 0) is 31.8 Å². The molecule has 78 valence electrons. The lowest BCUT2D eigenvalue weighted by molar-refractivity contribution is -0.122. The van der Waals surface area contributed by atoms with Gasteiger partial charge in [-0.15, -0.1) is 0 Å². The molecule has 1 amide bonds. The molecule has 1 saturated heterocycles. The molecule has 0 saturated carbocycles. The average molecular weight is 195 g/mol. The van der Waals surface area contributed by atoms with Gasteiger partial charge in [-0.3, -0.25) is 4.79 Å². The molecular weight excluding hydrogens is 178 g/mol. The molecule has 4 heteroatoms. The highest BCUT2D eigenvalue weighted by atomic mass is 16.1. The summed E-state index contributed by atoms with van der Waals surface area (Å²) >= 11 is 0. The predicted molar refractivity (Wildman–Crippen MR) is 53.5 cm³/mol. The molecule has 2 N–H and O–H groups in total. The average Bonchev–Trinajstić information content (AvgIpc) is 2.11. The standard InChI is InChI=1S/C10H17N3O/c11-4-2-1-3-5-13-10(14)6-9-7-12-8-9/h9,12H,1-3,5-8H2,(H,13,14). The Labute approximate surface area is 84.7 Å². The van der Waals surface area contributed by atoms with Crippen molar-refractivity contribution in [3.63, 3.8) is 0 Å². The smallest absolute Gasteiger partial charge is 0.220 e. The van der Waals surface area contributed by atoms with E-state index in [4.69, 9.17) is 5.26 Å². The van der Waals surface area contributed by atoms with Gasteiger partial charge < -0.3 is 10.6 Å². The molecular formula is C10H17N3O. The largest absolute Gasteiger partial charge is 0.356 e. The lowest BCUT2D eigenvalue weighted by Crippen LogP contribution is -2.44. The highest BCUT2D eigenvalue weighted by molar-refractivity contribution is 5.76. The first-order chi connectivity index (χ1) is 6.83. The number of rotatable bonds is 6. The molecule has 0 aromatic carbocycles. The summed E-state index contributed by atoms with van der Waals surface area (Å²) in [6, 6.07) is 2.09. The Bertz CT molecular complexity index is 218. The second kappa shape index (κ2) is 6.39. The minimum Gasteiger partial charge on any atom is -0.356 e. The monoisotopic (exact) mass is 195 g/mol. The van der Waals surface area contributed by atoms with E-state index < -0.39 is 0 Å². The van der Waals surface area contributed by atoms with Crippen LogP contribution >= 0.6 is 0 Å². The summed E-state index contributed by atoms with van der Waals surface area (Å²) < 4.78 is 0. The normalized spacial score (nSPS) is 15.6. The molecule has 0 atom stereocenters. The van der Waals surface area contributed by atoms with Crippen LogP contribution in [0.2, 0.25) is 0 Å². The van der Waals surface area contributed by atoms with Gasteiger partial charge in [0.1, 0.15) is 0 Å². The molecule has 0 spiro atoms. The molecule has 1 heterocycles. The molecule has 14 heavy (non-hydrogen) atoms. The van der Waals surface area contributed by atoms with Crippen molar-refractivity contribution in [2.45, 2.75) is 25.7 Å². The third kappa shape index (κ3) is 4.24. The second-order valence-corrected chi connectivity index (χ2v) is 3.69. The van der Waals surface area contributed by atoms with Gasteiger partial charge in [-0.2, -0.15) is 5.26 Å². The topological polar surface area (TPSA) is 64.9 Å². The third-order valence-electron chi connectivity index (χ3n) is 2.38. The van der Waals surface area contributed by atoms with Crippen molar-refractivity contribution in [2.75, 3.05) is 19.6 Å². The summed E-state index contributed by atoms with van der Waals surface area (Å²) in [5, 5.41) is 14.3. The van der Waals surface area contributed by atoms with Gasteiger partial charge in [0.05, 0.1) is 6.07 Å². The maximum atomic E-state index is 11.3. The number of unbranched alkanes of at least 4 members (excludes halogenated alkanes) is 2. The Morgan fingerprint density at radius 2 is 2.29 bits per heavy atom. The van der Waals surface area contributed by atoms with E-state index in [0.29, 0.717) is 25.3 Å². The van der Waals surface area contributed by atoms with Crippen LogP contribution < -0.4 is 10.6 Å². The van der Waals surface area contributed by atoms with Crippen molar-refractivity contribution >= 4 is 5.91 Å². The maximum absolute atomic E-state index is 11.3. The summed E-state index contributed by atoms with van der Waals surface area (Å²) in [6.07, 6.45) is 3.01. The Kier molecular flexibility index (Phi) is 5.02. The van der Waals surface area contributed by atoms with Crippen LogP contribution in [0.5, 0.6) is 0 Å². The van der Waals surface area contributed by atoms with Gasteiger partial charge in [0.25, 0.3) is 0 Å². The molecule has 1 aliphatic heterocycles.